The summed E-state index contributed by atoms with van der Waals surface area (Å²) in [6.07, 6.45) is 0. The van der Waals surface area contributed by atoms with Crippen LogP contribution in [0, 0.1) is 0 Å². The van der Waals surface area contributed by atoms with Crippen LogP contribution in [0.3, 0.4) is 0 Å². The van der Waals surface area contributed by atoms with Crippen molar-refractivity contribution >= 4 is 37.6 Å². The lowest BCUT2D eigenvalue weighted by atomic mass is 10.0. The first-order chi connectivity index (χ1) is 10.3. The third-order valence-corrected chi connectivity index (χ3v) is 4.89. The molecule has 0 spiro atoms. The average Bonchev–Trinajstić information content (AvgIpc) is 2.79. The topological polar surface area (TPSA) is 4.93 Å². The fourth-order valence-electron chi connectivity index (χ4n) is 3.08. The van der Waals surface area contributed by atoms with E-state index in [1.807, 2.05) is 0 Å². The van der Waals surface area contributed by atoms with E-state index < -0.39 is 0 Å². The van der Waals surface area contributed by atoms with Crippen LogP contribution in [0.15, 0.2) is 71.2 Å². The van der Waals surface area contributed by atoms with E-state index in [4.69, 9.17) is 0 Å². The second kappa shape index (κ2) is 4.74. The van der Waals surface area contributed by atoms with Gasteiger partial charge in [-0.3, -0.25) is 0 Å². The maximum absolute atomic E-state index is 3.80. The summed E-state index contributed by atoms with van der Waals surface area (Å²) in [5, 5.41) is 3.81. The Kier molecular flexibility index (Phi) is 2.86. The molecular formula is C19H14BrN. The van der Waals surface area contributed by atoms with Crippen molar-refractivity contribution in [3.05, 3.63) is 71.2 Å². The Morgan fingerprint density at radius 3 is 2.24 bits per heavy atom. The molecule has 1 heterocycles. The molecule has 3 aromatic carbocycles. The highest BCUT2D eigenvalue weighted by Crippen LogP contribution is 2.39. The highest BCUT2D eigenvalue weighted by atomic mass is 79.9. The van der Waals surface area contributed by atoms with Gasteiger partial charge in [-0.15, -0.1) is 0 Å². The van der Waals surface area contributed by atoms with Crippen molar-refractivity contribution in [3.63, 3.8) is 0 Å². The summed E-state index contributed by atoms with van der Waals surface area (Å²) in [4.78, 5) is 0. The van der Waals surface area contributed by atoms with Crippen LogP contribution in [-0.4, -0.2) is 4.57 Å². The molecule has 1 nitrogen and oxygen atoms in total. The number of nitrogens with zero attached hydrogens (tertiary/aromatic N) is 1. The fraction of sp³-hybridized carbons (Fsp3) is 0.0526. The van der Waals surface area contributed by atoms with Gasteiger partial charge in [0.1, 0.15) is 0 Å². The molecule has 0 amide bonds. The van der Waals surface area contributed by atoms with E-state index in [0.29, 0.717) is 0 Å². The van der Waals surface area contributed by atoms with Gasteiger partial charge in [0.25, 0.3) is 0 Å². The van der Waals surface area contributed by atoms with Gasteiger partial charge in [0.05, 0.1) is 10.2 Å². The van der Waals surface area contributed by atoms with Crippen LogP contribution in [0.5, 0.6) is 0 Å². The number of aromatic nitrogens is 1. The van der Waals surface area contributed by atoms with Crippen molar-refractivity contribution in [1.82, 2.24) is 4.57 Å². The summed E-state index contributed by atoms with van der Waals surface area (Å²) < 4.78 is 3.43. The molecule has 2 heteroatoms. The zero-order chi connectivity index (χ0) is 14.4. The lowest BCUT2D eigenvalue weighted by molar-refractivity contribution is 0.977. The van der Waals surface area contributed by atoms with Crippen molar-refractivity contribution < 1.29 is 0 Å². The third kappa shape index (κ3) is 1.83. The number of hydrogen-bond donors (Lipinski definition) is 0. The normalized spacial score (nSPS) is 11.3. The molecule has 0 aliphatic carbocycles. The number of aryl methyl sites for hydroxylation is 1. The molecule has 0 atom stereocenters. The van der Waals surface area contributed by atoms with Crippen LogP contribution in [-0.2, 0) is 7.05 Å². The molecule has 4 aromatic rings. The van der Waals surface area contributed by atoms with Gasteiger partial charge in [-0.05, 0) is 32.8 Å². The van der Waals surface area contributed by atoms with Crippen LogP contribution in [0.1, 0.15) is 0 Å². The van der Waals surface area contributed by atoms with Crippen LogP contribution in [0.2, 0.25) is 0 Å². The number of hydrogen-bond acceptors (Lipinski definition) is 0. The number of halogens is 1. The van der Waals surface area contributed by atoms with Gasteiger partial charge >= 0.3 is 0 Å². The maximum Gasteiger partial charge on any atom is 0.0639 e. The van der Waals surface area contributed by atoms with E-state index in [-0.39, 0.29) is 0 Å². The van der Waals surface area contributed by atoms with Gasteiger partial charge in [-0.1, -0.05) is 60.7 Å². The molecule has 21 heavy (non-hydrogen) atoms. The third-order valence-electron chi connectivity index (χ3n) is 4.09. The van der Waals surface area contributed by atoms with Gasteiger partial charge in [0.15, 0.2) is 0 Å². The first kappa shape index (κ1) is 12.7. The molecule has 0 radical (unpaired) electrons. The minimum absolute atomic E-state index is 1.16. The van der Waals surface area contributed by atoms with E-state index in [1.54, 1.807) is 0 Å². The van der Waals surface area contributed by atoms with Crippen molar-refractivity contribution in [2.24, 2.45) is 7.05 Å². The molecule has 4 rings (SSSR count). The molecule has 0 fully saturated rings. The van der Waals surface area contributed by atoms with Gasteiger partial charge in [0, 0.05) is 23.5 Å². The maximum atomic E-state index is 3.80. The van der Waals surface area contributed by atoms with Gasteiger partial charge in [0.2, 0.25) is 0 Å². The number of fused-ring (bicyclic) bond motifs is 2. The van der Waals surface area contributed by atoms with E-state index in [1.165, 1.54) is 32.9 Å². The minimum atomic E-state index is 1.16. The SMILES string of the molecule is Cn1c(-c2cccc3ccccc23)c(Br)c2ccccc21. The molecule has 0 saturated heterocycles. The van der Waals surface area contributed by atoms with Crippen molar-refractivity contribution in [2.45, 2.75) is 0 Å². The van der Waals surface area contributed by atoms with E-state index in [9.17, 15) is 0 Å². The van der Waals surface area contributed by atoms with Gasteiger partial charge in [-0.2, -0.15) is 0 Å². The van der Waals surface area contributed by atoms with Gasteiger partial charge < -0.3 is 4.57 Å². The summed E-state index contributed by atoms with van der Waals surface area (Å²) in [5.74, 6) is 0. The molecule has 0 bridgehead atoms. The largest absolute Gasteiger partial charge is 0.343 e. The van der Waals surface area contributed by atoms with Crippen LogP contribution < -0.4 is 0 Å². The first-order valence-electron chi connectivity index (χ1n) is 6.98. The fourth-order valence-corrected chi connectivity index (χ4v) is 3.89. The number of rotatable bonds is 1. The Bertz CT molecular complexity index is 922. The lowest BCUT2D eigenvalue weighted by Gasteiger charge is -2.09. The number of para-hydroxylation sites is 1. The lowest BCUT2D eigenvalue weighted by Crippen LogP contribution is -1.92. The summed E-state index contributed by atoms with van der Waals surface area (Å²) in [5.41, 5.74) is 3.74. The second-order valence-corrected chi connectivity index (χ2v) is 6.06. The zero-order valence-corrected chi connectivity index (χ0v) is 13.3. The highest BCUT2D eigenvalue weighted by molar-refractivity contribution is 9.10. The first-order valence-corrected chi connectivity index (χ1v) is 7.78. The predicted octanol–water partition coefficient (Wildman–Crippen LogP) is 5.76. The van der Waals surface area contributed by atoms with Crippen LogP contribution in [0.25, 0.3) is 32.9 Å². The molecule has 0 saturated carbocycles. The molecule has 0 N–H and O–H groups in total. The monoisotopic (exact) mass is 335 g/mol. The number of benzene rings is 3. The average molecular weight is 336 g/mol. The Labute approximate surface area is 132 Å². The molecule has 102 valence electrons. The Morgan fingerprint density at radius 2 is 1.43 bits per heavy atom. The molecule has 0 aliphatic rings. The Hall–Kier alpha value is -2.06. The Morgan fingerprint density at radius 1 is 0.762 bits per heavy atom. The second-order valence-electron chi connectivity index (χ2n) is 5.27. The van der Waals surface area contributed by atoms with Crippen LogP contribution >= 0.6 is 15.9 Å². The predicted molar refractivity (Wildman–Crippen MR) is 93.6 cm³/mol. The standard InChI is InChI=1S/C19H14BrN/c1-21-17-12-5-4-10-16(17)18(20)19(21)15-11-6-8-13-7-2-3-9-14(13)15/h2-12H,1H3. The molecular weight excluding hydrogens is 322 g/mol. The van der Waals surface area contributed by atoms with Gasteiger partial charge in [-0.25, -0.2) is 0 Å². The highest BCUT2D eigenvalue weighted by Gasteiger charge is 2.15. The zero-order valence-electron chi connectivity index (χ0n) is 11.7. The summed E-state index contributed by atoms with van der Waals surface area (Å²) in [6.45, 7) is 0. The summed E-state index contributed by atoms with van der Waals surface area (Å²) >= 11 is 3.80. The smallest absolute Gasteiger partial charge is 0.0639 e. The molecule has 0 unspecified atom stereocenters. The Balaban J connectivity index is 2.15. The molecule has 1 aromatic heterocycles. The van der Waals surface area contributed by atoms with E-state index in [0.717, 1.165) is 4.47 Å². The van der Waals surface area contributed by atoms with E-state index >= 15 is 0 Å². The van der Waals surface area contributed by atoms with Crippen molar-refractivity contribution in [3.8, 4) is 11.3 Å². The molecule has 0 aliphatic heterocycles. The van der Waals surface area contributed by atoms with E-state index in [2.05, 4.69) is 94.3 Å². The van der Waals surface area contributed by atoms with Crippen LogP contribution in [0.4, 0.5) is 0 Å². The summed E-state index contributed by atoms with van der Waals surface area (Å²) in [7, 11) is 2.13. The minimum Gasteiger partial charge on any atom is -0.343 e. The van der Waals surface area contributed by atoms with Crippen molar-refractivity contribution in [2.75, 3.05) is 0 Å². The summed E-state index contributed by atoms with van der Waals surface area (Å²) in [6, 6.07) is 23.5. The van der Waals surface area contributed by atoms with Crippen molar-refractivity contribution in [1.29, 1.82) is 0 Å². The quantitative estimate of drug-likeness (QED) is 0.416.